The van der Waals surface area contributed by atoms with Crippen molar-refractivity contribution in [3.63, 3.8) is 0 Å². The highest BCUT2D eigenvalue weighted by Gasteiger charge is 2.28. The van der Waals surface area contributed by atoms with E-state index in [1.807, 2.05) is 29.2 Å². The Morgan fingerprint density at radius 3 is 2.62 bits per heavy atom. The first kappa shape index (κ1) is 15.6. The molecule has 2 aliphatic heterocycles. The summed E-state index contributed by atoms with van der Waals surface area (Å²) in [6, 6.07) is 8.40. The van der Waals surface area contributed by atoms with Gasteiger partial charge in [0.2, 0.25) is 5.91 Å². The molecule has 4 rings (SSSR count). The first-order valence-electron chi connectivity index (χ1n) is 9.16. The van der Waals surface area contributed by atoms with E-state index < -0.39 is 0 Å². The molecule has 2 aromatic rings. The number of nitrogens with zero attached hydrogens (tertiary/aromatic N) is 3. The molecule has 0 unspecified atom stereocenters. The van der Waals surface area contributed by atoms with Crippen LogP contribution in [0.1, 0.15) is 37.8 Å². The molecule has 5 heteroatoms. The highest BCUT2D eigenvalue weighted by molar-refractivity contribution is 5.86. The minimum Gasteiger partial charge on any atom is -0.356 e. The summed E-state index contributed by atoms with van der Waals surface area (Å²) in [6.45, 7) is 4.22. The van der Waals surface area contributed by atoms with Gasteiger partial charge in [0.25, 0.3) is 0 Å². The fourth-order valence-electron chi connectivity index (χ4n) is 4.08. The molecule has 0 aliphatic carbocycles. The quantitative estimate of drug-likeness (QED) is 0.870. The van der Waals surface area contributed by atoms with Gasteiger partial charge in [0.1, 0.15) is 5.69 Å². The number of hydrogen-bond acceptors (Lipinski definition) is 4. The van der Waals surface area contributed by atoms with Crippen LogP contribution in [0.3, 0.4) is 0 Å². The number of hydrogen-bond donors (Lipinski definition) is 0. The molecule has 3 heterocycles. The number of likely N-dealkylation sites (tertiary alicyclic amines) is 2. The smallest absolute Gasteiger partial charge is 0.228 e. The van der Waals surface area contributed by atoms with Crippen LogP contribution in [0.15, 0.2) is 28.8 Å². The van der Waals surface area contributed by atoms with Gasteiger partial charge in [-0.3, -0.25) is 4.79 Å². The van der Waals surface area contributed by atoms with Gasteiger partial charge in [0.05, 0.1) is 6.42 Å². The van der Waals surface area contributed by atoms with Crippen LogP contribution in [-0.2, 0) is 11.2 Å². The highest BCUT2D eigenvalue weighted by Crippen LogP contribution is 2.22. The average molecular weight is 327 g/mol. The first-order chi connectivity index (χ1) is 11.8. The Morgan fingerprint density at radius 2 is 1.83 bits per heavy atom. The summed E-state index contributed by atoms with van der Waals surface area (Å²) in [4.78, 5) is 17.3. The Morgan fingerprint density at radius 1 is 1.08 bits per heavy atom. The number of fused-ring (bicyclic) bond motifs is 1. The summed E-state index contributed by atoms with van der Waals surface area (Å²) < 4.78 is 5.31. The Bertz CT molecular complexity index is 697. The van der Waals surface area contributed by atoms with Crippen molar-refractivity contribution in [1.82, 2.24) is 15.0 Å². The number of amides is 1. The van der Waals surface area contributed by atoms with Gasteiger partial charge >= 0.3 is 0 Å². The van der Waals surface area contributed by atoms with Crippen LogP contribution in [0.4, 0.5) is 0 Å². The second-order valence-corrected chi connectivity index (χ2v) is 7.01. The number of rotatable bonds is 3. The Hall–Kier alpha value is -1.88. The predicted octanol–water partition coefficient (Wildman–Crippen LogP) is 2.85. The molecule has 0 radical (unpaired) electrons. The number of benzene rings is 1. The van der Waals surface area contributed by atoms with Crippen LogP contribution in [0, 0.1) is 0 Å². The largest absolute Gasteiger partial charge is 0.356 e. The van der Waals surface area contributed by atoms with Crippen molar-refractivity contribution >= 4 is 16.9 Å². The maximum absolute atomic E-state index is 12.6. The third kappa shape index (κ3) is 3.18. The summed E-state index contributed by atoms with van der Waals surface area (Å²) in [5.74, 6) is 0.172. The average Bonchev–Trinajstić information content (AvgIpc) is 3.06. The number of piperidine rings is 2. The molecule has 1 amide bonds. The maximum Gasteiger partial charge on any atom is 0.228 e. The number of carbonyl (C=O) groups is 1. The second-order valence-electron chi connectivity index (χ2n) is 7.01. The molecule has 2 aliphatic rings. The van der Waals surface area contributed by atoms with E-state index in [1.54, 1.807) is 0 Å². The number of para-hydroxylation sites is 1. The number of aromatic nitrogens is 1. The van der Waals surface area contributed by atoms with E-state index in [2.05, 4.69) is 10.1 Å². The molecule has 0 N–H and O–H groups in total. The van der Waals surface area contributed by atoms with Gasteiger partial charge in [-0.05, 0) is 50.9 Å². The summed E-state index contributed by atoms with van der Waals surface area (Å²) >= 11 is 0. The van der Waals surface area contributed by atoms with Crippen molar-refractivity contribution in [2.75, 3.05) is 26.2 Å². The molecule has 0 spiro atoms. The van der Waals surface area contributed by atoms with Gasteiger partial charge < -0.3 is 14.3 Å². The molecule has 2 saturated heterocycles. The van der Waals surface area contributed by atoms with E-state index in [4.69, 9.17) is 4.52 Å². The summed E-state index contributed by atoms with van der Waals surface area (Å²) in [5.41, 5.74) is 1.51. The lowest BCUT2D eigenvalue weighted by Crippen LogP contribution is -2.48. The molecule has 2 fully saturated rings. The first-order valence-corrected chi connectivity index (χ1v) is 9.16. The van der Waals surface area contributed by atoms with Crippen LogP contribution in [-0.4, -0.2) is 53.1 Å². The molecular formula is C19H25N3O2. The van der Waals surface area contributed by atoms with E-state index in [1.165, 1.54) is 32.4 Å². The zero-order valence-electron chi connectivity index (χ0n) is 14.1. The van der Waals surface area contributed by atoms with Crippen LogP contribution in [0.25, 0.3) is 11.0 Å². The lowest BCUT2D eigenvalue weighted by Gasteiger charge is -2.40. The molecule has 128 valence electrons. The fourth-order valence-corrected chi connectivity index (χ4v) is 4.08. The van der Waals surface area contributed by atoms with E-state index >= 15 is 0 Å². The van der Waals surface area contributed by atoms with Crippen molar-refractivity contribution in [2.45, 2.75) is 44.6 Å². The molecule has 0 bridgehead atoms. The fraction of sp³-hybridized carbons (Fsp3) is 0.579. The summed E-state index contributed by atoms with van der Waals surface area (Å²) in [6.07, 6.45) is 6.58. The van der Waals surface area contributed by atoms with Crippen molar-refractivity contribution in [3.8, 4) is 0 Å². The van der Waals surface area contributed by atoms with Gasteiger partial charge in [-0.2, -0.15) is 0 Å². The monoisotopic (exact) mass is 327 g/mol. The van der Waals surface area contributed by atoms with Crippen LogP contribution in [0.2, 0.25) is 0 Å². The topological polar surface area (TPSA) is 49.6 Å². The SMILES string of the molecule is O=C(Cc1noc2ccccc12)N1CCC(N2CCCCC2)CC1. The molecule has 0 atom stereocenters. The van der Waals surface area contributed by atoms with Gasteiger partial charge in [0.15, 0.2) is 5.58 Å². The summed E-state index contributed by atoms with van der Waals surface area (Å²) in [7, 11) is 0. The molecule has 1 aromatic heterocycles. The highest BCUT2D eigenvalue weighted by atomic mass is 16.5. The van der Waals surface area contributed by atoms with Gasteiger partial charge in [-0.25, -0.2) is 0 Å². The third-order valence-electron chi connectivity index (χ3n) is 5.50. The van der Waals surface area contributed by atoms with E-state index in [0.717, 1.165) is 42.6 Å². The third-order valence-corrected chi connectivity index (χ3v) is 5.50. The summed E-state index contributed by atoms with van der Waals surface area (Å²) in [5, 5.41) is 5.04. The lowest BCUT2D eigenvalue weighted by atomic mass is 9.99. The normalized spacial score (nSPS) is 20.6. The van der Waals surface area contributed by atoms with Crippen LogP contribution in [0.5, 0.6) is 0 Å². The van der Waals surface area contributed by atoms with Crippen molar-refractivity contribution in [1.29, 1.82) is 0 Å². The molecule has 24 heavy (non-hydrogen) atoms. The zero-order valence-corrected chi connectivity index (χ0v) is 14.1. The van der Waals surface area contributed by atoms with Crippen LogP contribution < -0.4 is 0 Å². The second kappa shape index (κ2) is 6.93. The Balaban J connectivity index is 1.34. The molecule has 1 aromatic carbocycles. The molecular weight excluding hydrogens is 302 g/mol. The van der Waals surface area contributed by atoms with E-state index in [9.17, 15) is 4.79 Å². The Kier molecular flexibility index (Phi) is 4.52. The van der Waals surface area contributed by atoms with Gasteiger partial charge in [0, 0.05) is 24.5 Å². The van der Waals surface area contributed by atoms with Crippen LogP contribution >= 0.6 is 0 Å². The van der Waals surface area contributed by atoms with E-state index in [0.29, 0.717) is 12.5 Å². The minimum absolute atomic E-state index is 0.172. The maximum atomic E-state index is 12.6. The predicted molar refractivity (Wildman–Crippen MR) is 92.7 cm³/mol. The molecule has 5 nitrogen and oxygen atoms in total. The van der Waals surface area contributed by atoms with Crippen molar-refractivity contribution < 1.29 is 9.32 Å². The van der Waals surface area contributed by atoms with E-state index in [-0.39, 0.29) is 5.91 Å². The van der Waals surface area contributed by atoms with Crippen molar-refractivity contribution in [2.24, 2.45) is 0 Å². The lowest BCUT2D eigenvalue weighted by molar-refractivity contribution is -0.132. The Labute approximate surface area is 142 Å². The minimum atomic E-state index is 0.172. The standard InChI is InChI=1S/C19H25N3O2/c23-19(14-17-16-6-2-3-7-18(16)24-20-17)22-12-8-15(9-13-22)21-10-4-1-5-11-21/h2-3,6-7,15H,1,4-5,8-14H2. The van der Waals surface area contributed by atoms with Gasteiger partial charge in [-0.15, -0.1) is 0 Å². The zero-order chi connectivity index (χ0) is 16.4. The van der Waals surface area contributed by atoms with Gasteiger partial charge in [-0.1, -0.05) is 23.7 Å². The molecule has 0 saturated carbocycles. The number of carbonyl (C=O) groups excluding carboxylic acids is 1. The van der Waals surface area contributed by atoms with Crippen molar-refractivity contribution in [3.05, 3.63) is 30.0 Å².